The zero-order chi connectivity index (χ0) is 15.6. The van der Waals surface area contributed by atoms with E-state index in [-0.39, 0.29) is 5.25 Å². The maximum absolute atomic E-state index is 12.8. The third kappa shape index (κ3) is 3.21. The second-order valence-corrected chi connectivity index (χ2v) is 8.69. The van der Waals surface area contributed by atoms with E-state index in [2.05, 4.69) is 12.1 Å². The molecule has 2 aromatic rings. The van der Waals surface area contributed by atoms with Crippen LogP contribution in [0.2, 0.25) is 0 Å². The number of hydrogen-bond acceptors (Lipinski definition) is 3. The Hall–Kier alpha value is -1.30. The van der Waals surface area contributed by atoms with Crippen LogP contribution in [-0.2, 0) is 10.0 Å². The maximum atomic E-state index is 12.8. The molecular weight excluding hydrogens is 314 g/mol. The Morgan fingerprint density at radius 2 is 1.73 bits per heavy atom. The van der Waals surface area contributed by atoms with Gasteiger partial charge in [0, 0.05) is 24.1 Å². The van der Waals surface area contributed by atoms with Crippen molar-refractivity contribution in [2.75, 3.05) is 18.8 Å². The number of thioether (sulfide) groups is 1. The molecule has 0 bridgehead atoms. The van der Waals surface area contributed by atoms with E-state index < -0.39 is 10.0 Å². The van der Waals surface area contributed by atoms with Gasteiger partial charge in [0.05, 0.1) is 4.90 Å². The monoisotopic (exact) mass is 333 g/mol. The predicted octanol–water partition coefficient (Wildman–Crippen LogP) is 3.47. The quantitative estimate of drug-likeness (QED) is 0.863. The van der Waals surface area contributed by atoms with E-state index in [1.54, 1.807) is 16.4 Å². The van der Waals surface area contributed by atoms with E-state index in [9.17, 15) is 8.42 Å². The fourth-order valence-corrected chi connectivity index (χ4v) is 5.48. The Morgan fingerprint density at radius 3 is 2.41 bits per heavy atom. The summed E-state index contributed by atoms with van der Waals surface area (Å²) in [5.41, 5.74) is 2.26. The van der Waals surface area contributed by atoms with Crippen LogP contribution in [0.15, 0.2) is 59.5 Å². The summed E-state index contributed by atoms with van der Waals surface area (Å²) in [5, 5.41) is 0.204. The Kier molecular flexibility index (Phi) is 4.57. The van der Waals surface area contributed by atoms with E-state index in [1.165, 1.54) is 5.56 Å². The van der Waals surface area contributed by atoms with Gasteiger partial charge in [0.1, 0.15) is 0 Å². The van der Waals surface area contributed by atoms with Gasteiger partial charge in [-0.25, -0.2) is 8.42 Å². The summed E-state index contributed by atoms with van der Waals surface area (Å²) in [6, 6.07) is 17.2. The molecule has 1 atom stereocenters. The molecule has 0 amide bonds. The number of hydrogen-bond donors (Lipinski definition) is 0. The topological polar surface area (TPSA) is 37.4 Å². The zero-order valence-electron chi connectivity index (χ0n) is 12.5. The number of nitrogens with zero attached hydrogens (tertiary/aromatic N) is 1. The van der Waals surface area contributed by atoms with Gasteiger partial charge < -0.3 is 0 Å². The molecule has 0 aliphatic carbocycles. The van der Waals surface area contributed by atoms with Crippen LogP contribution < -0.4 is 0 Å². The van der Waals surface area contributed by atoms with Crippen LogP contribution in [0, 0.1) is 6.92 Å². The predicted molar refractivity (Wildman–Crippen MR) is 91.6 cm³/mol. The molecule has 1 unspecified atom stereocenters. The van der Waals surface area contributed by atoms with Crippen molar-refractivity contribution in [2.45, 2.75) is 17.1 Å². The first-order valence-corrected chi connectivity index (χ1v) is 9.79. The Labute approximate surface area is 136 Å². The van der Waals surface area contributed by atoms with Gasteiger partial charge >= 0.3 is 0 Å². The van der Waals surface area contributed by atoms with Gasteiger partial charge in [0.15, 0.2) is 0 Å². The van der Waals surface area contributed by atoms with E-state index in [4.69, 9.17) is 0 Å². The first-order chi connectivity index (χ1) is 10.6. The summed E-state index contributed by atoms with van der Waals surface area (Å²) in [5.74, 6) is 0.824. The van der Waals surface area contributed by atoms with Crippen molar-refractivity contribution in [1.29, 1.82) is 0 Å². The van der Waals surface area contributed by atoms with Gasteiger partial charge in [-0.2, -0.15) is 16.1 Å². The van der Waals surface area contributed by atoms with Gasteiger partial charge in [0.2, 0.25) is 10.0 Å². The molecule has 0 saturated carbocycles. The van der Waals surface area contributed by atoms with Crippen molar-refractivity contribution in [2.24, 2.45) is 0 Å². The third-order valence-electron chi connectivity index (χ3n) is 3.86. The standard InChI is InChI=1S/C17H19NO2S2/c1-14-7-9-16(10-8-14)22(19,20)18-11-12-21-17(13-18)15-5-3-2-4-6-15/h2-10,17H,11-13H2,1H3. The molecule has 22 heavy (non-hydrogen) atoms. The molecule has 0 spiro atoms. The highest BCUT2D eigenvalue weighted by Crippen LogP contribution is 2.35. The molecule has 116 valence electrons. The Balaban J connectivity index is 1.83. The van der Waals surface area contributed by atoms with Crippen LogP contribution in [0.5, 0.6) is 0 Å². The van der Waals surface area contributed by atoms with Gasteiger partial charge in [0.25, 0.3) is 0 Å². The molecule has 0 radical (unpaired) electrons. The van der Waals surface area contributed by atoms with Crippen LogP contribution in [0.1, 0.15) is 16.4 Å². The summed E-state index contributed by atoms with van der Waals surface area (Å²) in [6.07, 6.45) is 0. The van der Waals surface area contributed by atoms with Crippen molar-refractivity contribution in [1.82, 2.24) is 4.31 Å². The summed E-state index contributed by atoms with van der Waals surface area (Å²) < 4.78 is 27.2. The normalized spacial score (nSPS) is 20.0. The lowest BCUT2D eigenvalue weighted by molar-refractivity contribution is 0.421. The average Bonchev–Trinajstić information content (AvgIpc) is 2.56. The SMILES string of the molecule is Cc1ccc(S(=O)(=O)N2CCSC(c3ccccc3)C2)cc1. The lowest BCUT2D eigenvalue weighted by Crippen LogP contribution is -2.39. The van der Waals surface area contributed by atoms with Gasteiger partial charge in [-0.3, -0.25) is 0 Å². The highest BCUT2D eigenvalue weighted by molar-refractivity contribution is 7.99. The third-order valence-corrected chi connectivity index (χ3v) is 6.98. The first kappa shape index (κ1) is 15.6. The van der Waals surface area contributed by atoms with Crippen LogP contribution in [-0.4, -0.2) is 31.6 Å². The van der Waals surface area contributed by atoms with Gasteiger partial charge in [-0.1, -0.05) is 48.0 Å². The Morgan fingerprint density at radius 1 is 1.05 bits per heavy atom. The zero-order valence-corrected chi connectivity index (χ0v) is 14.1. The highest BCUT2D eigenvalue weighted by atomic mass is 32.2. The molecule has 1 aliphatic rings. The molecule has 1 heterocycles. The number of rotatable bonds is 3. The van der Waals surface area contributed by atoms with Crippen LogP contribution >= 0.6 is 11.8 Å². The van der Waals surface area contributed by atoms with Crippen molar-refractivity contribution in [3.8, 4) is 0 Å². The molecule has 1 saturated heterocycles. The lowest BCUT2D eigenvalue weighted by atomic mass is 10.1. The van der Waals surface area contributed by atoms with Crippen molar-refractivity contribution < 1.29 is 8.42 Å². The molecule has 0 N–H and O–H groups in total. The summed E-state index contributed by atoms with van der Waals surface area (Å²) in [4.78, 5) is 0.386. The van der Waals surface area contributed by atoms with Crippen molar-refractivity contribution in [3.05, 3.63) is 65.7 Å². The molecule has 3 nitrogen and oxygen atoms in total. The largest absolute Gasteiger partial charge is 0.243 e. The average molecular weight is 333 g/mol. The van der Waals surface area contributed by atoms with Crippen LogP contribution in [0.4, 0.5) is 0 Å². The van der Waals surface area contributed by atoms with Gasteiger partial charge in [-0.05, 0) is 24.6 Å². The minimum atomic E-state index is -3.40. The highest BCUT2D eigenvalue weighted by Gasteiger charge is 2.31. The Bertz CT molecular complexity index is 727. The minimum Gasteiger partial charge on any atom is -0.207 e. The smallest absolute Gasteiger partial charge is 0.207 e. The van der Waals surface area contributed by atoms with Crippen molar-refractivity contribution >= 4 is 21.8 Å². The lowest BCUT2D eigenvalue weighted by Gasteiger charge is -2.31. The van der Waals surface area contributed by atoms with Gasteiger partial charge in [-0.15, -0.1) is 0 Å². The molecule has 1 aliphatic heterocycles. The maximum Gasteiger partial charge on any atom is 0.243 e. The number of sulfonamides is 1. The summed E-state index contributed by atoms with van der Waals surface area (Å²) in [6.45, 7) is 3.06. The number of benzene rings is 2. The molecule has 1 fully saturated rings. The second kappa shape index (κ2) is 6.44. The van der Waals surface area contributed by atoms with E-state index in [0.29, 0.717) is 18.0 Å². The fourth-order valence-electron chi connectivity index (χ4n) is 2.57. The van der Waals surface area contributed by atoms with Crippen molar-refractivity contribution in [3.63, 3.8) is 0 Å². The van der Waals surface area contributed by atoms with E-state index in [0.717, 1.165) is 11.3 Å². The van der Waals surface area contributed by atoms with Crippen LogP contribution in [0.25, 0.3) is 0 Å². The molecule has 3 rings (SSSR count). The first-order valence-electron chi connectivity index (χ1n) is 7.31. The minimum absolute atomic E-state index is 0.204. The summed E-state index contributed by atoms with van der Waals surface area (Å²) in [7, 11) is -3.40. The summed E-state index contributed by atoms with van der Waals surface area (Å²) >= 11 is 1.83. The molecular formula is C17H19NO2S2. The second-order valence-electron chi connectivity index (χ2n) is 5.45. The fraction of sp³-hybridized carbons (Fsp3) is 0.294. The molecule has 5 heteroatoms. The molecule has 0 aromatic heterocycles. The van der Waals surface area contributed by atoms with E-state index >= 15 is 0 Å². The molecule has 2 aromatic carbocycles. The van der Waals surface area contributed by atoms with Crippen LogP contribution in [0.3, 0.4) is 0 Å². The number of aryl methyl sites for hydroxylation is 1. The van der Waals surface area contributed by atoms with E-state index in [1.807, 2.05) is 49.0 Å².